The van der Waals surface area contributed by atoms with Gasteiger partial charge in [0.1, 0.15) is 13.2 Å². The Morgan fingerprint density at radius 1 is 1.32 bits per heavy atom. The smallest absolute Gasteiger partial charge is 0.227 e. The number of nitrogens with zero attached hydrogens (tertiary/aromatic N) is 1. The van der Waals surface area contributed by atoms with Gasteiger partial charge in [0.15, 0.2) is 11.5 Å². The predicted molar refractivity (Wildman–Crippen MR) is 91.7 cm³/mol. The Morgan fingerprint density at radius 2 is 2.04 bits per heavy atom. The third-order valence-corrected chi connectivity index (χ3v) is 4.66. The van der Waals surface area contributed by atoms with E-state index in [1.54, 1.807) is 23.1 Å². The van der Waals surface area contributed by atoms with E-state index in [1.807, 2.05) is 13.8 Å². The summed E-state index contributed by atoms with van der Waals surface area (Å²) in [4.78, 5) is 26.4. The molecule has 0 bridgehead atoms. The fraction of sp³-hybridized carbons (Fsp3) is 0.556. The lowest BCUT2D eigenvalue weighted by Gasteiger charge is -2.23. The van der Waals surface area contributed by atoms with Gasteiger partial charge < -0.3 is 24.8 Å². The minimum Gasteiger partial charge on any atom is -0.486 e. The first-order chi connectivity index (χ1) is 12.0. The quantitative estimate of drug-likeness (QED) is 0.827. The summed E-state index contributed by atoms with van der Waals surface area (Å²) < 4.78 is 11.0. The van der Waals surface area contributed by atoms with Crippen molar-refractivity contribution < 1.29 is 24.2 Å². The largest absolute Gasteiger partial charge is 0.486 e. The number of amides is 2. The maximum absolute atomic E-state index is 12.4. The minimum atomic E-state index is -0.423. The summed E-state index contributed by atoms with van der Waals surface area (Å²) in [6.07, 6.45) is 0.163. The number of hydrogen-bond acceptors (Lipinski definition) is 5. The Hall–Kier alpha value is -2.28. The van der Waals surface area contributed by atoms with E-state index >= 15 is 0 Å². The van der Waals surface area contributed by atoms with Crippen LogP contribution in [0.25, 0.3) is 0 Å². The van der Waals surface area contributed by atoms with Gasteiger partial charge in [-0.25, -0.2) is 0 Å². The molecule has 0 spiro atoms. The van der Waals surface area contributed by atoms with Crippen molar-refractivity contribution >= 4 is 17.5 Å². The summed E-state index contributed by atoms with van der Waals surface area (Å²) in [7, 11) is 0. The van der Waals surface area contributed by atoms with Gasteiger partial charge in [0.05, 0.1) is 18.6 Å². The highest BCUT2D eigenvalue weighted by Crippen LogP contribution is 2.36. The summed E-state index contributed by atoms with van der Waals surface area (Å²) >= 11 is 0. The fourth-order valence-corrected chi connectivity index (χ4v) is 3.06. The van der Waals surface area contributed by atoms with Crippen molar-refractivity contribution in [3.05, 3.63) is 18.2 Å². The molecule has 0 saturated carbocycles. The van der Waals surface area contributed by atoms with Crippen LogP contribution in [0.15, 0.2) is 18.2 Å². The number of ether oxygens (including phenoxy) is 2. The topological polar surface area (TPSA) is 88.1 Å². The van der Waals surface area contributed by atoms with Gasteiger partial charge in [0, 0.05) is 24.7 Å². The van der Waals surface area contributed by atoms with Crippen molar-refractivity contribution in [2.45, 2.75) is 26.3 Å². The molecule has 7 nitrogen and oxygen atoms in total. The van der Waals surface area contributed by atoms with Gasteiger partial charge in [-0.3, -0.25) is 9.59 Å². The zero-order chi connectivity index (χ0) is 18.0. The van der Waals surface area contributed by atoms with Gasteiger partial charge in [-0.05, 0) is 18.1 Å². The van der Waals surface area contributed by atoms with Gasteiger partial charge in [0.2, 0.25) is 11.8 Å². The molecule has 0 aromatic heterocycles. The number of fused-ring (bicyclic) bond motifs is 1. The second-order valence-electron chi connectivity index (χ2n) is 6.78. The van der Waals surface area contributed by atoms with Crippen LogP contribution in [0, 0.1) is 11.8 Å². The Labute approximate surface area is 146 Å². The maximum Gasteiger partial charge on any atom is 0.227 e. The Morgan fingerprint density at radius 3 is 2.72 bits per heavy atom. The summed E-state index contributed by atoms with van der Waals surface area (Å²) in [6, 6.07) is 5.06. The second-order valence-corrected chi connectivity index (χ2v) is 6.78. The zero-order valence-corrected chi connectivity index (χ0v) is 14.5. The highest BCUT2D eigenvalue weighted by molar-refractivity contribution is 6.00. The number of carbonyl (C=O) groups excluding carboxylic acids is 2. The van der Waals surface area contributed by atoms with E-state index in [1.165, 1.54) is 0 Å². The average molecular weight is 348 g/mol. The van der Waals surface area contributed by atoms with Crippen molar-refractivity contribution in [2.75, 3.05) is 31.3 Å². The lowest BCUT2D eigenvalue weighted by molar-refractivity contribution is -0.127. The highest BCUT2D eigenvalue weighted by Gasteiger charge is 2.36. The second kappa shape index (κ2) is 7.31. The Bertz CT molecular complexity index is 661. The standard InChI is InChI=1S/C18H24N2O5/c1-11(2)14(10-21)19-18(23)12-7-17(22)20(9-12)13-3-4-15-16(8-13)25-6-5-24-15/h3-4,8,11-12,14,21H,5-7,9-10H2,1-2H3,(H,19,23)/t12-,14+/m0/s1. The monoisotopic (exact) mass is 348 g/mol. The number of aliphatic hydroxyl groups excluding tert-OH is 1. The number of rotatable bonds is 5. The van der Waals surface area contributed by atoms with Gasteiger partial charge in [0.25, 0.3) is 0 Å². The van der Waals surface area contributed by atoms with E-state index in [0.29, 0.717) is 36.9 Å². The molecule has 136 valence electrons. The van der Waals surface area contributed by atoms with Crippen molar-refractivity contribution in [1.29, 1.82) is 0 Å². The van der Waals surface area contributed by atoms with E-state index in [2.05, 4.69) is 5.32 Å². The molecule has 0 radical (unpaired) electrons. The van der Waals surface area contributed by atoms with Crippen LogP contribution in [0.1, 0.15) is 20.3 Å². The first-order valence-corrected chi connectivity index (χ1v) is 8.61. The molecule has 1 fully saturated rings. The zero-order valence-electron chi connectivity index (χ0n) is 14.5. The van der Waals surface area contributed by atoms with Crippen LogP contribution in [-0.2, 0) is 9.59 Å². The third-order valence-electron chi connectivity index (χ3n) is 4.66. The molecule has 1 saturated heterocycles. The number of anilines is 1. The first kappa shape index (κ1) is 17.5. The molecular formula is C18H24N2O5. The molecule has 1 aromatic rings. The molecule has 2 N–H and O–H groups in total. The van der Waals surface area contributed by atoms with E-state index in [-0.39, 0.29) is 36.8 Å². The summed E-state index contributed by atoms with van der Waals surface area (Å²) in [5.74, 6) is 0.694. The van der Waals surface area contributed by atoms with Crippen LogP contribution in [0.4, 0.5) is 5.69 Å². The van der Waals surface area contributed by atoms with Crippen LogP contribution in [0.2, 0.25) is 0 Å². The van der Waals surface area contributed by atoms with Crippen molar-refractivity contribution in [2.24, 2.45) is 11.8 Å². The summed E-state index contributed by atoms with van der Waals surface area (Å²) in [6.45, 7) is 5.06. The third kappa shape index (κ3) is 3.71. The van der Waals surface area contributed by atoms with Gasteiger partial charge >= 0.3 is 0 Å². The number of aliphatic hydroxyl groups is 1. The number of nitrogens with one attached hydrogen (secondary N) is 1. The van der Waals surface area contributed by atoms with Crippen LogP contribution in [0.5, 0.6) is 11.5 Å². The SMILES string of the molecule is CC(C)[C@@H](CO)NC(=O)[C@H]1CC(=O)N(c2ccc3c(c2)OCCO3)C1. The van der Waals surface area contributed by atoms with Crippen LogP contribution in [0.3, 0.4) is 0 Å². The van der Waals surface area contributed by atoms with Crippen molar-refractivity contribution in [1.82, 2.24) is 5.32 Å². The van der Waals surface area contributed by atoms with E-state index in [4.69, 9.17) is 9.47 Å². The first-order valence-electron chi connectivity index (χ1n) is 8.61. The summed E-state index contributed by atoms with van der Waals surface area (Å²) in [5.41, 5.74) is 0.701. The van der Waals surface area contributed by atoms with Gasteiger partial charge in [-0.15, -0.1) is 0 Å². The van der Waals surface area contributed by atoms with Gasteiger partial charge in [-0.2, -0.15) is 0 Å². The number of benzene rings is 1. The highest BCUT2D eigenvalue weighted by atomic mass is 16.6. The van der Waals surface area contributed by atoms with Crippen LogP contribution in [-0.4, -0.2) is 49.3 Å². The van der Waals surface area contributed by atoms with E-state index in [9.17, 15) is 14.7 Å². The van der Waals surface area contributed by atoms with E-state index in [0.717, 1.165) is 0 Å². The van der Waals surface area contributed by atoms with Gasteiger partial charge in [-0.1, -0.05) is 13.8 Å². The molecular weight excluding hydrogens is 324 g/mol. The molecule has 2 heterocycles. The average Bonchev–Trinajstić information content (AvgIpc) is 3.00. The molecule has 2 aliphatic heterocycles. The lowest BCUT2D eigenvalue weighted by atomic mass is 10.0. The molecule has 7 heteroatoms. The molecule has 2 amide bonds. The molecule has 0 aliphatic carbocycles. The molecule has 0 unspecified atom stereocenters. The molecule has 2 atom stereocenters. The molecule has 3 rings (SSSR count). The minimum absolute atomic E-state index is 0.0954. The molecule has 2 aliphatic rings. The molecule has 25 heavy (non-hydrogen) atoms. The predicted octanol–water partition coefficient (Wildman–Crippen LogP) is 0.944. The van der Waals surface area contributed by atoms with Crippen molar-refractivity contribution in [3.8, 4) is 11.5 Å². The van der Waals surface area contributed by atoms with E-state index < -0.39 is 5.92 Å². The lowest BCUT2D eigenvalue weighted by Crippen LogP contribution is -2.44. The normalized spacial score (nSPS) is 20.7. The maximum atomic E-state index is 12.4. The van der Waals surface area contributed by atoms with Crippen molar-refractivity contribution in [3.63, 3.8) is 0 Å². The fourth-order valence-electron chi connectivity index (χ4n) is 3.06. The molecule has 1 aromatic carbocycles. The Kier molecular flexibility index (Phi) is 5.13. The van der Waals surface area contributed by atoms with Crippen LogP contribution < -0.4 is 19.7 Å². The number of carbonyl (C=O) groups is 2. The summed E-state index contributed by atoms with van der Waals surface area (Å²) in [5, 5.41) is 12.2. The number of hydrogen-bond donors (Lipinski definition) is 2. The van der Waals surface area contributed by atoms with Crippen LogP contribution >= 0.6 is 0 Å². The Balaban J connectivity index is 1.69.